The van der Waals surface area contributed by atoms with E-state index in [4.69, 9.17) is 0 Å². The predicted molar refractivity (Wildman–Crippen MR) is 104 cm³/mol. The van der Waals surface area contributed by atoms with Gasteiger partial charge in [0.25, 0.3) is 0 Å². The number of nitrogens with one attached hydrogen (secondary N) is 2. The first-order valence-electron chi connectivity index (χ1n) is 10.0. The number of carbonyl (C=O) groups is 2. The van der Waals surface area contributed by atoms with E-state index in [9.17, 15) is 9.59 Å². The molecule has 0 saturated carbocycles. The van der Waals surface area contributed by atoms with Crippen molar-refractivity contribution in [1.29, 1.82) is 0 Å². The van der Waals surface area contributed by atoms with Crippen molar-refractivity contribution in [3.05, 3.63) is 47.0 Å². The quantitative estimate of drug-likeness (QED) is 0.820. The first kappa shape index (κ1) is 16.9. The van der Waals surface area contributed by atoms with Gasteiger partial charge >= 0.3 is 0 Å². The molecule has 2 heterocycles. The van der Waals surface area contributed by atoms with Crippen LogP contribution in [0.4, 0.5) is 0 Å². The van der Waals surface area contributed by atoms with Gasteiger partial charge in [0, 0.05) is 37.7 Å². The Morgan fingerprint density at radius 1 is 0.963 bits per heavy atom. The van der Waals surface area contributed by atoms with Crippen molar-refractivity contribution in [2.75, 3.05) is 26.2 Å². The van der Waals surface area contributed by atoms with Gasteiger partial charge in [0.05, 0.1) is 5.92 Å². The van der Waals surface area contributed by atoms with Crippen LogP contribution in [0.1, 0.15) is 34.3 Å². The molecule has 2 saturated heterocycles. The highest BCUT2D eigenvalue weighted by molar-refractivity contribution is 6.11. The molecule has 0 spiro atoms. The number of hydrogen-bond donors (Lipinski definition) is 2. The molecule has 2 aromatic carbocycles. The lowest BCUT2D eigenvalue weighted by atomic mass is 9.86. The lowest BCUT2D eigenvalue weighted by molar-refractivity contribution is -0.136. The molecule has 5 heteroatoms. The third kappa shape index (κ3) is 2.86. The molecule has 5 rings (SSSR count). The number of hydrogen-bond acceptors (Lipinski definition) is 4. The molecule has 27 heavy (non-hydrogen) atoms. The zero-order chi connectivity index (χ0) is 18.4. The van der Waals surface area contributed by atoms with Gasteiger partial charge in [-0.3, -0.25) is 20.4 Å². The minimum absolute atomic E-state index is 0.0179. The summed E-state index contributed by atoms with van der Waals surface area (Å²) in [6.45, 7) is 2.66. The number of amides is 1. The molecule has 2 N–H and O–H groups in total. The van der Waals surface area contributed by atoms with Crippen LogP contribution >= 0.6 is 0 Å². The van der Waals surface area contributed by atoms with Crippen LogP contribution in [0, 0.1) is 11.8 Å². The van der Waals surface area contributed by atoms with Crippen molar-refractivity contribution >= 4 is 22.5 Å². The number of rotatable bonds is 3. The standard InChI is InChI=1S/C22H25N3O2/c26-21(16-4-2-10-25(13-16)22(27)17-11-23-24-12-17)19-9-8-15-7-6-14-3-1-5-18(19)20(14)15/h1,3,5,8-9,16-17,23-24H,2,4,6-7,10-13H2. The van der Waals surface area contributed by atoms with E-state index in [0.29, 0.717) is 19.6 Å². The average Bonchev–Trinajstić information content (AvgIpc) is 3.39. The fourth-order valence-electron chi connectivity index (χ4n) is 4.97. The summed E-state index contributed by atoms with van der Waals surface area (Å²) in [4.78, 5) is 28.0. The molecule has 1 aliphatic carbocycles. The molecular weight excluding hydrogens is 338 g/mol. The van der Waals surface area contributed by atoms with E-state index in [0.717, 1.165) is 43.2 Å². The maximum absolute atomic E-state index is 13.4. The van der Waals surface area contributed by atoms with E-state index in [1.54, 1.807) is 0 Å². The maximum Gasteiger partial charge on any atom is 0.228 e. The Balaban J connectivity index is 1.41. The van der Waals surface area contributed by atoms with E-state index in [-0.39, 0.29) is 23.5 Å². The highest BCUT2D eigenvalue weighted by atomic mass is 16.2. The molecule has 3 aliphatic rings. The third-order valence-electron chi connectivity index (χ3n) is 6.42. The van der Waals surface area contributed by atoms with Gasteiger partial charge in [-0.2, -0.15) is 0 Å². The van der Waals surface area contributed by atoms with E-state index >= 15 is 0 Å². The van der Waals surface area contributed by atoms with Crippen molar-refractivity contribution in [2.24, 2.45) is 11.8 Å². The number of Topliss-reactive ketones (excluding diaryl/α,β-unsaturated/α-hetero) is 1. The third-order valence-corrected chi connectivity index (χ3v) is 6.42. The van der Waals surface area contributed by atoms with Crippen molar-refractivity contribution in [2.45, 2.75) is 25.7 Å². The van der Waals surface area contributed by atoms with Gasteiger partial charge in [-0.1, -0.05) is 30.3 Å². The Morgan fingerprint density at radius 3 is 2.56 bits per heavy atom. The number of piperidine rings is 1. The monoisotopic (exact) mass is 363 g/mol. The Morgan fingerprint density at radius 2 is 1.74 bits per heavy atom. The van der Waals surface area contributed by atoms with Crippen LogP contribution < -0.4 is 10.9 Å². The lowest BCUT2D eigenvalue weighted by Crippen LogP contribution is -2.46. The van der Waals surface area contributed by atoms with Gasteiger partial charge in [0.15, 0.2) is 5.78 Å². The zero-order valence-electron chi connectivity index (χ0n) is 15.5. The molecule has 140 valence electrons. The fraction of sp³-hybridized carbons (Fsp3) is 0.455. The lowest BCUT2D eigenvalue weighted by Gasteiger charge is -2.33. The summed E-state index contributed by atoms with van der Waals surface area (Å²) in [6, 6.07) is 10.5. The average molecular weight is 363 g/mol. The summed E-state index contributed by atoms with van der Waals surface area (Å²) in [7, 11) is 0. The number of benzene rings is 2. The molecule has 1 amide bonds. The van der Waals surface area contributed by atoms with Crippen LogP contribution in [0.15, 0.2) is 30.3 Å². The maximum atomic E-state index is 13.4. The second kappa shape index (κ2) is 6.73. The van der Waals surface area contributed by atoms with E-state index in [1.165, 1.54) is 16.5 Å². The minimum atomic E-state index is -0.0940. The van der Waals surface area contributed by atoms with Gasteiger partial charge in [-0.05, 0) is 47.6 Å². The van der Waals surface area contributed by atoms with Crippen LogP contribution in [0.2, 0.25) is 0 Å². The number of nitrogens with zero attached hydrogens (tertiary/aromatic N) is 1. The molecule has 2 fully saturated rings. The number of carbonyl (C=O) groups excluding carboxylic acids is 2. The fourth-order valence-corrected chi connectivity index (χ4v) is 4.97. The SMILES string of the molecule is O=C(c1ccc2c3c(cccc13)CC2)C1CCCN(C(=O)C2CNNC2)C1. The first-order chi connectivity index (χ1) is 13.2. The van der Waals surface area contributed by atoms with Crippen LogP contribution in [0.25, 0.3) is 10.8 Å². The Labute approximate surface area is 159 Å². The van der Waals surface area contributed by atoms with Gasteiger partial charge in [0.1, 0.15) is 0 Å². The van der Waals surface area contributed by atoms with Crippen LogP contribution in [0.3, 0.4) is 0 Å². The Kier molecular flexibility index (Phi) is 4.21. The minimum Gasteiger partial charge on any atom is -0.342 e. The summed E-state index contributed by atoms with van der Waals surface area (Å²) >= 11 is 0. The molecule has 1 atom stereocenters. The predicted octanol–water partition coefficient (Wildman–Crippen LogP) is 2.08. The molecule has 0 aromatic heterocycles. The molecule has 5 nitrogen and oxygen atoms in total. The molecule has 0 bridgehead atoms. The highest BCUT2D eigenvalue weighted by Gasteiger charge is 2.34. The highest BCUT2D eigenvalue weighted by Crippen LogP contribution is 2.34. The van der Waals surface area contributed by atoms with Crippen molar-refractivity contribution in [3.8, 4) is 0 Å². The molecule has 2 aromatic rings. The number of ketones is 1. The number of aryl methyl sites for hydroxylation is 2. The Bertz CT molecular complexity index is 907. The second-order valence-corrected chi connectivity index (χ2v) is 8.06. The van der Waals surface area contributed by atoms with E-state index in [1.807, 2.05) is 11.0 Å². The van der Waals surface area contributed by atoms with Gasteiger partial charge in [0.2, 0.25) is 5.91 Å². The summed E-state index contributed by atoms with van der Waals surface area (Å²) in [5.74, 6) is 0.260. The largest absolute Gasteiger partial charge is 0.342 e. The van der Waals surface area contributed by atoms with Gasteiger partial charge < -0.3 is 4.90 Å². The van der Waals surface area contributed by atoms with Crippen LogP contribution in [0.5, 0.6) is 0 Å². The number of likely N-dealkylation sites (tertiary alicyclic amines) is 1. The summed E-state index contributed by atoms with van der Waals surface area (Å²) in [5.41, 5.74) is 9.60. The van der Waals surface area contributed by atoms with Crippen molar-refractivity contribution in [3.63, 3.8) is 0 Å². The molecular formula is C22H25N3O2. The van der Waals surface area contributed by atoms with Gasteiger partial charge in [-0.15, -0.1) is 0 Å². The van der Waals surface area contributed by atoms with E-state index in [2.05, 4.69) is 35.1 Å². The van der Waals surface area contributed by atoms with Crippen molar-refractivity contribution in [1.82, 2.24) is 15.8 Å². The Hall–Kier alpha value is -2.24. The van der Waals surface area contributed by atoms with Crippen molar-refractivity contribution < 1.29 is 9.59 Å². The number of hydrazine groups is 1. The van der Waals surface area contributed by atoms with E-state index < -0.39 is 0 Å². The molecule has 1 unspecified atom stereocenters. The van der Waals surface area contributed by atoms with Gasteiger partial charge in [-0.25, -0.2) is 0 Å². The zero-order valence-corrected chi connectivity index (χ0v) is 15.5. The first-order valence-corrected chi connectivity index (χ1v) is 10.0. The summed E-state index contributed by atoms with van der Waals surface area (Å²) in [6.07, 6.45) is 3.91. The normalized spacial score (nSPS) is 22.5. The van der Waals surface area contributed by atoms with Crippen LogP contribution in [-0.2, 0) is 17.6 Å². The summed E-state index contributed by atoms with van der Waals surface area (Å²) < 4.78 is 0. The molecule has 0 radical (unpaired) electrons. The molecule has 2 aliphatic heterocycles. The second-order valence-electron chi connectivity index (χ2n) is 8.06. The summed E-state index contributed by atoms with van der Waals surface area (Å²) in [5, 5.41) is 2.38. The van der Waals surface area contributed by atoms with Crippen LogP contribution in [-0.4, -0.2) is 42.8 Å². The smallest absolute Gasteiger partial charge is 0.228 e. The topological polar surface area (TPSA) is 61.4 Å².